The van der Waals surface area contributed by atoms with Crippen LogP contribution in [0.15, 0.2) is 6.07 Å². The molecule has 1 aliphatic carbocycles. The molecule has 20 heavy (non-hydrogen) atoms. The third-order valence-electron chi connectivity index (χ3n) is 3.56. The van der Waals surface area contributed by atoms with Gasteiger partial charge in [-0.05, 0) is 43.7 Å². The Balaban J connectivity index is 2.16. The molecule has 0 unspecified atom stereocenters. The number of fused-ring (bicyclic) bond motifs is 1. The van der Waals surface area contributed by atoms with Crippen LogP contribution in [0, 0.1) is 0 Å². The van der Waals surface area contributed by atoms with Crippen LogP contribution >= 0.6 is 11.3 Å². The summed E-state index contributed by atoms with van der Waals surface area (Å²) in [6.07, 6.45) is 6.50. The molecule has 2 rings (SSSR count). The van der Waals surface area contributed by atoms with Crippen molar-refractivity contribution in [2.45, 2.75) is 45.4 Å². The molecule has 1 N–H and O–H groups in total. The Kier molecular flexibility index (Phi) is 5.17. The van der Waals surface area contributed by atoms with E-state index in [-0.39, 0.29) is 12.5 Å². The lowest BCUT2D eigenvalue weighted by Crippen LogP contribution is -2.35. The summed E-state index contributed by atoms with van der Waals surface area (Å²) >= 11 is 1.55. The summed E-state index contributed by atoms with van der Waals surface area (Å²) in [5.41, 5.74) is 1.29. The van der Waals surface area contributed by atoms with Crippen LogP contribution in [-0.4, -0.2) is 35.0 Å². The van der Waals surface area contributed by atoms with Gasteiger partial charge in [0.15, 0.2) is 0 Å². The van der Waals surface area contributed by atoms with Crippen LogP contribution in [0.3, 0.4) is 0 Å². The zero-order valence-electron chi connectivity index (χ0n) is 11.9. The summed E-state index contributed by atoms with van der Waals surface area (Å²) in [6.45, 7) is 2.23. The number of carboxylic acid groups (broad SMARTS) is 1. The van der Waals surface area contributed by atoms with Gasteiger partial charge in [-0.25, -0.2) is 0 Å². The first kappa shape index (κ1) is 15.0. The quantitative estimate of drug-likeness (QED) is 0.850. The van der Waals surface area contributed by atoms with Crippen LogP contribution < -0.4 is 0 Å². The summed E-state index contributed by atoms with van der Waals surface area (Å²) in [5, 5.41) is 8.92. The molecule has 1 heterocycles. The third-order valence-corrected chi connectivity index (χ3v) is 4.79. The predicted molar refractivity (Wildman–Crippen MR) is 79.4 cm³/mol. The zero-order valence-corrected chi connectivity index (χ0v) is 12.7. The van der Waals surface area contributed by atoms with Gasteiger partial charge >= 0.3 is 5.97 Å². The van der Waals surface area contributed by atoms with E-state index >= 15 is 0 Å². The lowest BCUT2D eigenvalue weighted by Gasteiger charge is -2.18. The second-order valence-corrected chi connectivity index (χ2v) is 6.38. The molecule has 0 aromatic carbocycles. The van der Waals surface area contributed by atoms with Gasteiger partial charge in [0, 0.05) is 11.4 Å². The number of carboxylic acids is 1. The van der Waals surface area contributed by atoms with Crippen molar-refractivity contribution in [1.29, 1.82) is 0 Å². The second-order valence-electron chi connectivity index (χ2n) is 5.24. The van der Waals surface area contributed by atoms with Gasteiger partial charge < -0.3 is 10.0 Å². The second kappa shape index (κ2) is 6.88. The SMILES string of the molecule is CCCN(CC(=O)O)C(=O)c1cc2c(s1)CCCCC2. The zero-order chi connectivity index (χ0) is 14.5. The van der Waals surface area contributed by atoms with E-state index in [0.29, 0.717) is 11.4 Å². The number of aryl methyl sites for hydroxylation is 2. The Morgan fingerprint density at radius 1 is 1.30 bits per heavy atom. The van der Waals surface area contributed by atoms with Crippen molar-refractivity contribution in [3.63, 3.8) is 0 Å². The lowest BCUT2D eigenvalue weighted by molar-refractivity contribution is -0.137. The standard InChI is InChI=1S/C15H21NO3S/c1-2-8-16(10-14(17)18)15(19)13-9-11-6-4-3-5-7-12(11)20-13/h9H,2-8,10H2,1H3,(H,17,18). The molecule has 1 aliphatic rings. The van der Waals surface area contributed by atoms with Crippen LogP contribution in [0.5, 0.6) is 0 Å². The van der Waals surface area contributed by atoms with E-state index in [1.165, 1.54) is 34.6 Å². The number of hydrogen-bond acceptors (Lipinski definition) is 3. The lowest BCUT2D eigenvalue weighted by atomic mass is 10.1. The van der Waals surface area contributed by atoms with Crippen LogP contribution in [-0.2, 0) is 17.6 Å². The van der Waals surface area contributed by atoms with Crippen molar-refractivity contribution in [2.24, 2.45) is 0 Å². The molecule has 0 bridgehead atoms. The fourth-order valence-electron chi connectivity index (χ4n) is 2.61. The molecular formula is C15H21NO3S. The smallest absolute Gasteiger partial charge is 0.323 e. The van der Waals surface area contributed by atoms with E-state index in [9.17, 15) is 9.59 Å². The molecule has 0 spiro atoms. The maximum atomic E-state index is 12.4. The number of carbonyl (C=O) groups excluding carboxylic acids is 1. The molecule has 1 amide bonds. The van der Waals surface area contributed by atoms with Crippen LogP contribution in [0.4, 0.5) is 0 Å². The maximum absolute atomic E-state index is 12.4. The minimum atomic E-state index is -0.954. The van der Waals surface area contributed by atoms with Crippen molar-refractivity contribution in [1.82, 2.24) is 4.90 Å². The minimum Gasteiger partial charge on any atom is -0.480 e. The van der Waals surface area contributed by atoms with Gasteiger partial charge in [0.2, 0.25) is 0 Å². The average molecular weight is 295 g/mol. The summed E-state index contributed by atoms with van der Waals surface area (Å²) in [6, 6.07) is 1.98. The Bertz CT molecular complexity index is 472. The van der Waals surface area contributed by atoms with Crippen LogP contribution in [0.1, 0.15) is 52.7 Å². The van der Waals surface area contributed by atoms with Crippen molar-refractivity contribution in [3.05, 3.63) is 21.4 Å². The summed E-state index contributed by atoms with van der Waals surface area (Å²) in [4.78, 5) is 26.8. The molecular weight excluding hydrogens is 274 g/mol. The molecule has 1 aromatic heterocycles. The first-order valence-electron chi connectivity index (χ1n) is 7.24. The highest BCUT2D eigenvalue weighted by atomic mass is 32.1. The Hall–Kier alpha value is -1.36. The van der Waals surface area contributed by atoms with Gasteiger partial charge in [0.25, 0.3) is 5.91 Å². The Morgan fingerprint density at radius 2 is 2.05 bits per heavy atom. The monoisotopic (exact) mass is 295 g/mol. The molecule has 0 radical (unpaired) electrons. The fourth-order valence-corrected chi connectivity index (χ4v) is 3.84. The van der Waals surface area contributed by atoms with E-state index < -0.39 is 5.97 Å². The van der Waals surface area contributed by atoms with E-state index in [1.54, 1.807) is 11.3 Å². The fraction of sp³-hybridized carbons (Fsp3) is 0.600. The van der Waals surface area contributed by atoms with Gasteiger partial charge in [-0.2, -0.15) is 0 Å². The Morgan fingerprint density at radius 3 is 2.75 bits per heavy atom. The minimum absolute atomic E-state index is 0.132. The molecule has 0 saturated carbocycles. The highest BCUT2D eigenvalue weighted by Gasteiger charge is 2.22. The number of carbonyl (C=O) groups is 2. The Labute approximate surface area is 123 Å². The van der Waals surface area contributed by atoms with E-state index in [1.807, 2.05) is 13.0 Å². The molecule has 0 fully saturated rings. The first-order chi connectivity index (χ1) is 9.61. The average Bonchev–Trinajstić information content (AvgIpc) is 2.68. The molecule has 0 saturated heterocycles. The van der Waals surface area contributed by atoms with Crippen molar-refractivity contribution in [2.75, 3.05) is 13.1 Å². The highest BCUT2D eigenvalue weighted by molar-refractivity contribution is 7.14. The summed E-state index contributed by atoms with van der Waals surface area (Å²) in [5.74, 6) is -1.09. The number of rotatable bonds is 5. The maximum Gasteiger partial charge on any atom is 0.323 e. The normalized spacial score (nSPS) is 14.4. The van der Waals surface area contributed by atoms with Crippen LogP contribution in [0.25, 0.3) is 0 Å². The predicted octanol–water partition coefficient (Wildman–Crippen LogP) is 2.95. The highest BCUT2D eigenvalue weighted by Crippen LogP contribution is 2.29. The van der Waals surface area contributed by atoms with E-state index in [4.69, 9.17) is 5.11 Å². The number of hydrogen-bond donors (Lipinski definition) is 1. The van der Waals surface area contributed by atoms with Gasteiger partial charge in [-0.15, -0.1) is 11.3 Å². The van der Waals surface area contributed by atoms with Crippen molar-refractivity contribution >= 4 is 23.2 Å². The molecule has 0 aliphatic heterocycles. The van der Waals surface area contributed by atoms with Gasteiger partial charge in [-0.3, -0.25) is 9.59 Å². The summed E-state index contributed by atoms with van der Waals surface area (Å²) in [7, 11) is 0. The third kappa shape index (κ3) is 3.60. The molecule has 4 nitrogen and oxygen atoms in total. The van der Waals surface area contributed by atoms with Crippen molar-refractivity contribution in [3.8, 4) is 0 Å². The largest absolute Gasteiger partial charge is 0.480 e. The number of aliphatic carboxylic acids is 1. The van der Waals surface area contributed by atoms with Gasteiger partial charge in [-0.1, -0.05) is 13.3 Å². The van der Waals surface area contributed by atoms with Crippen molar-refractivity contribution < 1.29 is 14.7 Å². The molecule has 110 valence electrons. The molecule has 0 atom stereocenters. The number of nitrogens with zero attached hydrogens (tertiary/aromatic N) is 1. The van der Waals surface area contributed by atoms with Crippen LogP contribution in [0.2, 0.25) is 0 Å². The van der Waals surface area contributed by atoms with Gasteiger partial charge in [0.1, 0.15) is 6.54 Å². The molecule has 1 aromatic rings. The van der Waals surface area contributed by atoms with E-state index in [2.05, 4.69) is 0 Å². The van der Waals surface area contributed by atoms with E-state index in [0.717, 1.165) is 19.3 Å². The first-order valence-corrected chi connectivity index (χ1v) is 8.06. The summed E-state index contributed by atoms with van der Waals surface area (Å²) < 4.78 is 0. The number of amides is 1. The van der Waals surface area contributed by atoms with Gasteiger partial charge in [0.05, 0.1) is 4.88 Å². The number of thiophene rings is 1. The molecule has 5 heteroatoms. The topological polar surface area (TPSA) is 57.6 Å².